The molecule has 5 aliphatic rings. The van der Waals surface area contributed by atoms with Gasteiger partial charge in [0.15, 0.2) is 0 Å². The molecular formula is C112H128BrCl8N9O11. The number of carbonyl (C=O) groups is 7. The van der Waals surface area contributed by atoms with Gasteiger partial charge >= 0.3 is 11.9 Å². The van der Waals surface area contributed by atoms with Crippen LogP contribution in [0.25, 0.3) is 0 Å². The van der Waals surface area contributed by atoms with Crippen LogP contribution in [0.1, 0.15) is 228 Å². The van der Waals surface area contributed by atoms with E-state index in [4.69, 9.17) is 114 Å². The van der Waals surface area contributed by atoms with Crippen molar-refractivity contribution >= 4 is 189 Å². The summed E-state index contributed by atoms with van der Waals surface area (Å²) in [6.07, 6.45) is 7.81. The van der Waals surface area contributed by atoms with Gasteiger partial charge in [0, 0.05) is 155 Å². The lowest BCUT2D eigenvalue weighted by Gasteiger charge is -2.40. The quantitative estimate of drug-likeness (QED) is 0.00956. The molecule has 11 aromatic carbocycles. The van der Waals surface area contributed by atoms with E-state index in [-0.39, 0.29) is 58.3 Å². The summed E-state index contributed by atoms with van der Waals surface area (Å²) in [5.41, 5.74) is 31.2. The number of amides is 4. The summed E-state index contributed by atoms with van der Waals surface area (Å²) in [6.45, 7) is 35.9. The minimum absolute atomic E-state index is 0. The van der Waals surface area contributed by atoms with Gasteiger partial charge in [-0.25, -0.2) is 20.5 Å². The van der Waals surface area contributed by atoms with Crippen LogP contribution in [0.4, 0.5) is 39.8 Å². The van der Waals surface area contributed by atoms with E-state index in [1.807, 2.05) is 125 Å². The number of ether oxygens (including phenoxy) is 2. The third-order valence-corrected chi connectivity index (χ3v) is 26.4. The molecule has 29 heteroatoms. The number of hydrogen-bond acceptors (Lipinski definition) is 16. The third-order valence-electron chi connectivity index (χ3n) is 23.9. The lowest BCUT2D eigenvalue weighted by Crippen LogP contribution is -2.36. The summed E-state index contributed by atoms with van der Waals surface area (Å²) < 4.78 is 9.30. The number of nitrogens with two attached hydrogens (primary N) is 1. The molecule has 5 heterocycles. The molecule has 0 radical (unpaired) electrons. The number of nitrogens with zero attached hydrogens (tertiary/aromatic N) is 3. The molecule has 0 saturated heterocycles. The van der Waals surface area contributed by atoms with Gasteiger partial charge in [0.1, 0.15) is 0 Å². The van der Waals surface area contributed by atoms with Crippen molar-refractivity contribution < 1.29 is 53.4 Å². The SMILES string of the molecule is C.CC(C)=CC(=O)Cl.CC(C)=CC(=O)Nc1ccc(Cl)cc1.CC1(C)CC(=O)Nc2ccc(Cl)cc21.CC1(C)CCN(Cc2ccc(C(=O)NO)cc2)c2ccc(Cl)cc21.CC1(C)CCN(Cc2ccc(C(=O)NO)cc2)c2ccc(Cl)cc21.CC1(C)CCNc2ccc(Cl)cc21.COC(=O)c1ccc(CBr)cc1.COC(=O)c1ccc(CN2CCC(C)(C)c3cc(Cl)ccc32)cc1.Nc1ccc(Cl)cc1. The zero-order valence-corrected chi connectivity index (χ0v) is 89.4. The van der Waals surface area contributed by atoms with E-state index < -0.39 is 17.1 Å². The molecule has 4 amide bonds. The van der Waals surface area contributed by atoms with E-state index >= 15 is 0 Å². The van der Waals surface area contributed by atoms with Crippen molar-refractivity contribution in [3.8, 4) is 0 Å². The first-order valence-electron chi connectivity index (χ1n) is 45.4. The first-order chi connectivity index (χ1) is 66.1. The standard InChI is InChI=1S/C20H22ClNO2.2C19H21ClN2O2.2C11H12ClNO.C11H14ClN.C9H9BrO2.C6H6ClN.C5H7ClO.CH4/c1-20(2)10-11-22(18-9-8-16(21)12-17(18)20)13-14-4-6-15(7-5-14)19(23)24-3;2*1-19(2)9-10-22(17-8-7-15(20)11-16(17)19)12-13-3-5-14(6-4-13)18(23)21-24;1-11(2)6-10(14)13-9-4-3-7(12)5-8(9)11;1-8(2)7-11(14)13-10-5-3-9(12)4-6-10;1-11(2)5-6-13-10-4-3-8(12)7-9(10)11;1-12-9(11)8-4-2-7(6-10)3-5-8;7-5-1-3-6(8)4-2-5;1-4(2)3-5(6)7;/h4-9,12H,10-11,13H2,1-3H3;2*3-8,11,24H,9-10,12H2,1-2H3,(H,21,23);3-5H,6H2,1-2H3,(H,13,14);3-7H,1-2H3,(H,13,14);3-4,7,13H,5-6H2,1-2H3;2-5H,6H2,1H3;1-4H,8H2;3H,1-2H3;1H4. The highest BCUT2D eigenvalue weighted by Gasteiger charge is 2.36. The zero-order valence-electron chi connectivity index (χ0n) is 81.8. The van der Waals surface area contributed by atoms with Crippen LogP contribution in [0.2, 0.25) is 35.2 Å². The molecule has 0 atom stereocenters. The predicted molar refractivity (Wildman–Crippen MR) is 588 cm³/mol. The van der Waals surface area contributed by atoms with Crippen molar-refractivity contribution in [2.45, 2.75) is 189 Å². The maximum atomic E-state index is 11.5. The number of halogens is 9. The van der Waals surface area contributed by atoms with Crippen LogP contribution in [0.3, 0.4) is 0 Å². The Morgan fingerprint density at radius 3 is 1.05 bits per heavy atom. The Balaban J connectivity index is 0.000000221. The lowest BCUT2D eigenvalue weighted by atomic mass is 9.77. The average molecular weight is 2140 g/mol. The Labute approximate surface area is 879 Å². The molecule has 141 heavy (non-hydrogen) atoms. The molecule has 11 aromatic rings. The number of esters is 2. The lowest BCUT2D eigenvalue weighted by molar-refractivity contribution is -0.117. The highest BCUT2D eigenvalue weighted by atomic mass is 79.9. The molecule has 750 valence electrons. The smallest absolute Gasteiger partial charge is 0.337 e. The molecule has 0 saturated carbocycles. The number of alkyl halides is 1. The van der Waals surface area contributed by atoms with Gasteiger partial charge in [0.25, 0.3) is 11.8 Å². The fourth-order valence-electron chi connectivity index (χ4n) is 15.9. The van der Waals surface area contributed by atoms with E-state index in [2.05, 4.69) is 169 Å². The van der Waals surface area contributed by atoms with E-state index in [0.717, 1.165) is 146 Å². The van der Waals surface area contributed by atoms with Crippen LogP contribution in [0.5, 0.6) is 0 Å². The maximum absolute atomic E-state index is 11.5. The second kappa shape index (κ2) is 54.5. The number of methoxy groups -OCH3 is 2. The molecule has 0 bridgehead atoms. The molecule has 9 N–H and O–H groups in total. The monoisotopic (exact) mass is 2130 g/mol. The molecular weight excluding hydrogens is 2010 g/mol. The summed E-state index contributed by atoms with van der Waals surface area (Å²) >= 11 is 50.0. The highest BCUT2D eigenvalue weighted by Crippen LogP contribution is 2.46. The van der Waals surface area contributed by atoms with E-state index in [1.54, 1.807) is 108 Å². The topological polar surface area (TPSA) is 274 Å². The van der Waals surface area contributed by atoms with Crippen molar-refractivity contribution in [1.29, 1.82) is 0 Å². The molecule has 0 aliphatic carbocycles. The van der Waals surface area contributed by atoms with Crippen molar-refractivity contribution in [1.82, 2.24) is 11.0 Å². The molecule has 16 rings (SSSR count). The summed E-state index contributed by atoms with van der Waals surface area (Å²) in [4.78, 5) is 85.0. The summed E-state index contributed by atoms with van der Waals surface area (Å²) in [5, 5.41) is 32.0. The minimum atomic E-state index is -0.499. The fourth-order valence-corrected chi connectivity index (χ4v) is 17.6. The van der Waals surface area contributed by atoms with Gasteiger partial charge in [-0.05, 0) is 331 Å². The largest absolute Gasteiger partial charge is 0.465 e. The molecule has 20 nitrogen and oxygen atoms in total. The van der Waals surface area contributed by atoms with Crippen LogP contribution in [-0.2, 0) is 75.9 Å². The maximum Gasteiger partial charge on any atom is 0.337 e. The van der Waals surface area contributed by atoms with Crippen molar-refractivity contribution in [2.75, 3.05) is 76.8 Å². The Kier molecular flexibility index (Phi) is 45.3. The average Bonchev–Trinajstić information content (AvgIpc) is 0.776. The Hall–Kier alpha value is -10.9. The van der Waals surface area contributed by atoms with Gasteiger partial charge in [-0.1, -0.05) is 233 Å². The number of fused-ring (bicyclic) bond motifs is 5. The summed E-state index contributed by atoms with van der Waals surface area (Å²) in [5.74, 6) is -1.64. The second-order valence-corrected chi connectivity index (χ2v) is 41.8. The molecule has 0 fully saturated rings. The third kappa shape index (κ3) is 36.2. The van der Waals surface area contributed by atoms with Gasteiger partial charge < -0.3 is 45.9 Å². The van der Waals surface area contributed by atoms with Crippen LogP contribution < -0.4 is 47.3 Å². The first kappa shape index (κ1) is 117. The number of allylic oxidation sites excluding steroid dienone is 3. The summed E-state index contributed by atoms with van der Waals surface area (Å²) in [7, 11) is 2.77. The molecule has 5 aliphatic heterocycles. The van der Waals surface area contributed by atoms with Gasteiger partial charge in [-0.3, -0.25) is 34.4 Å². The van der Waals surface area contributed by atoms with E-state index in [1.165, 1.54) is 77.3 Å². The Morgan fingerprint density at radius 1 is 0.411 bits per heavy atom. The van der Waals surface area contributed by atoms with Crippen LogP contribution in [0, 0.1) is 0 Å². The van der Waals surface area contributed by atoms with Crippen molar-refractivity contribution in [3.05, 3.63) is 367 Å². The van der Waals surface area contributed by atoms with Crippen molar-refractivity contribution in [2.24, 2.45) is 0 Å². The predicted octanol–water partition coefficient (Wildman–Crippen LogP) is 29.4. The second-order valence-electron chi connectivity index (χ2n) is 37.8. The van der Waals surface area contributed by atoms with Crippen LogP contribution in [0.15, 0.2) is 260 Å². The number of nitrogens with one attached hydrogen (secondary N) is 5. The Bertz CT molecular complexity index is 5800. The van der Waals surface area contributed by atoms with Crippen molar-refractivity contribution in [3.63, 3.8) is 0 Å². The number of benzene rings is 11. The highest BCUT2D eigenvalue weighted by molar-refractivity contribution is 9.08. The number of nitrogen functional groups attached to an aromatic ring is 1. The van der Waals surface area contributed by atoms with Crippen LogP contribution in [-0.4, -0.2) is 91.6 Å². The molecule has 0 unspecified atom stereocenters. The number of carbonyl (C=O) groups excluding carboxylic acids is 7. The number of hydrogen-bond donors (Lipinski definition) is 8. The number of rotatable bonds is 14. The summed E-state index contributed by atoms with van der Waals surface area (Å²) in [6, 6.07) is 73.5. The van der Waals surface area contributed by atoms with Gasteiger partial charge in [0.2, 0.25) is 17.1 Å². The zero-order chi connectivity index (χ0) is 103. The minimum Gasteiger partial charge on any atom is -0.465 e. The van der Waals surface area contributed by atoms with E-state index in [9.17, 15) is 33.6 Å². The van der Waals surface area contributed by atoms with Gasteiger partial charge in [-0.15, -0.1) is 0 Å². The Morgan fingerprint density at radius 2 is 0.723 bits per heavy atom. The normalized spacial score (nSPS) is 14.3. The number of hydroxylamine groups is 2. The van der Waals surface area contributed by atoms with E-state index in [0.29, 0.717) is 38.7 Å². The van der Waals surface area contributed by atoms with Crippen LogP contribution >= 0.6 is 109 Å². The fraction of sp³-hybridized carbons (Fsp3) is 0.312. The van der Waals surface area contributed by atoms with Gasteiger partial charge in [0.05, 0.1) is 25.3 Å². The van der Waals surface area contributed by atoms with Gasteiger partial charge in [-0.2, -0.15) is 0 Å². The molecule has 0 aromatic heterocycles. The number of anilines is 7. The first-order valence-corrected chi connectivity index (χ1v) is 49.5. The molecule has 0 spiro atoms.